The molecule has 1 aromatic heterocycles. The third-order valence-corrected chi connectivity index (χ3v) is 5.06. The fourth-order valence-electron chi connectivity index (χ4n) is 3.43. The molecule has 0 saturated heterocycles. The number of H-pyrrole nitrogens is 1. The van der Waals surface area contributed by atoms with Crippen molar-refractivity contribution in [3.05, 3.63) is 68.8 Å². The van der Waals surface area contributed by atoms with E-state index >= 15 is 0 Å². The van der Waals surface area contributed by atoms with Crippen LogP contribution in [-0.2, 0) is 19.6 Å². The number of hydrogen-bond acceptors (Lipinski definition) is 2. The van der Waals surface area contributed by atoms with Crippen LogP contribution in [0.25, 0.3) is 10.9 Å². The van der Waals surface area contributed by atoms with Crippen LogP contribution < -0.4 is 0 Å². The normalized spacial score (nSPS) is 14.0. The third kappa shape index (κ3) is 3.01. The molecule has 4 rings (SSSR count). The number of aromatic nitrogens is 1. The predicted octanol–water partition coefficient (Wildman–Crippen LogP) is 4.17. The summed E-state index contributed by atoms with van der Waals surface area (Å²) in [7, 11) is 0. The van der Waals surface area contributed by atoms with Crippen LogP contribution in [0.4, 0.5) is 0 Å². The average molecular weight is 375 g/mol. The maximum Gasteiger partial charge on any atom is 0.254 e. The van der Waals surface area contributed by atoms with Crippen molar-refractivity contribution in [3.8, 4) is 0 Å². The van der Waals surface area contributed by atoms with Crippen molar-refractivity contribution < 1.29 is 9.90 Å². The molecule has 0 bridgehead atoms. The number of aromatic amines is 1. The van der Waals surface area contributed by atoms with E-state index in [1.54, 1.807) is 23.1 Å². The molecule has 25 heavy (non-hydrogen) atoms. The largest absolute Gasteiger partial charge is 0.392 e. The second-order valence-electron chi connectivity index (χ2n) is 6.25. The van der Waals surface area contributed by atoms with E-state index in [1.165, 1.54) is 5.56 Å². The van der Waals surface area contributed by atoms with Crippen LogP contribution in [0, 0.1) is 0 Å². The summed E-state index contributed by atoms with van der Waals surface area (Å²) in [5, 5.41) is 11.6. The first-order chi connectivity index (χ1) is 12.0. The number of benzene rings is 2. The molecular formula is C19H16Cl2N2O2. The summed E-state index contributed by atoms with van der Waals surface area (Å²) in [5.74, 6) is -0.0838. The lowest BCUT2D eigenvalue weighted by molar-refractivity contribution is 0.0733. The predicted molar refractivity (Wildman–Crippen MR) is 99.1 cm³/mol. The number of aliphatic hydroxyl groups excluding tert-OH is 1. The van der Waals surface area contributed by atoms with Crippen molar-refractivity contribution in [3.63, 3.8) is 0 Å². The van der Waals surface area contributed by atoms with Crippen molar-refractivity contribution in [2.45, 2.75) is 19.6 Å². The number of rotatable bonds is 2. The molecule has 0 radical (unpaired) electrons. The number of amides is 1. The number of carbonyl (C=O) groups excluding carboxylic acids is 1. The number of halogens is 2. The molecule has 0 saturated carbocycles. The van der Waals surface area contributed by atoms with Crippen LogP contribution in [0.1, 0.15) is 27.2 Å². The first-order valence-electron chi connectivity index (χ1n) is 8.04. The molecule has 0 atom stereocenters. The molecule has 0 unspecified atom stereocenters. The van der Waals surface area contributed by atoms with Gasteiger partial charge in [-0.25, -0.2) is 0 Å². The van der Waals surface area contributed by atoms with Gasteiger partial charge < -0.3 is 15.0 Å². The summed E-state index contributed by atoms with van der Waals surface area (Å²) in [5.41, 5.74) is 4.44. The Morgan fingerprint density at radius 2 is 2.00 bits per heavy atom. The molecule has 1 amide bonds. The summed E-state index contributed by atoms with van der Waals surface area (Å²) >= 11 is 12.2. The minimum Gasteiger partial charge on any atom is -0.392 e. The highest BCUT2D eigenvalue weighted by Crippen LogP contribution is 2.30. The minimum atomic E-state index is -0.145. The zero-order chi connectivity index (χ0) is 17.6. The molecule has 128 valence electrons. The monoisotopic (exact) mass is 374 g/mol. The highest BCUT2D eigenvalue weighted by molar-refractivity contribution is 6.31. The van der Waals surface area contributed by atoms with E-state index in [-0.39, 0.29) is 12.5 Å². The number of aliphatic hydroxyl groups is 1. The first kappa shape index (κ1) is 16.5. The fraction of sp³-hybridized carbons (Fsp3) is 0.211. The summed E-state index contributed by atoms with van der Waals surface area (Å²) in [4.78, 5) is 18.0. The number of nitrogens with zero attached hydrogens (tertiary/aromatic N) is 1. The van der Waals surface area contributed by atoms with Gasteiger partial charge in [-0.15, -0.1) is 0 Å². The van der Waals surface area contributed by atoms with E-state index < -0.39 is 0 Å². The van der Waals surface area contributed by atoms with Crippen LogP contribution in [0.2, 0.25) is 10.0 Å². The fourth-order valence-corrected chi connectivity index (χ4v) is 3.86. The van der Waals surface area contributed by atoms with Gasteiger partial charge >= 0.3 is 0 Å². The topological polar surface area (TPSA) is 56.3 Å². The molecule has 0 aliphatic carbocycles. The molecule has 2 aromatic carbocycles. The molecule has 1 aliphatic heterocycles. The summed E-state index contributed by atoms with van der Waals surface area (Å²) < 4.78 is 0. The lowest BCUT2D eigenvalue weighted by atomic mass is 10.0. The van der Waals surface area contributed by atoms with Gasteiger partial charge in [0, 0.05) is 38.8 Å². The van der Waals surface area contributed by atoms with Gasteiger partial charge in [-0.1, -0.05) is 23.2 Å². The van der Waals surface area contributed by atoms with E-state index in [1.807, 2.05) is 18.2 Å². The van der Waals surface area contributed by atoms with E-state index in [4.69, 9.17) is 23.2 Å². The highest BCUT2D eigenvalue weighted by atomic mass is 35.5. The Balaban J connectivity index is 1.65. The minimum absolute atomic E-state index is 0.0838. The Morgan fingerprint density at radius 1 is 1.16 bits per heavy atom. The standard InChI is InChI=1S/C19H16Cl2N2O2/c20-13-1-2-17-16(8-13)15-3-4-23(9-18(15)22-17)19(25)12-5-11(10-24)6-14(21)7-12/h1-2,5-8,22,24H,3-4,9-10H2. The van der Waals surface area contributed by atoms with E-state index in [2.05, 4.69) is 4.98 Å². The lowest BCUT2D eigenvalue weighted by Gasteiger charge is -2.27. The highest BCUT2D eigenvalue weighted by Gasteiger charge is 2.25. The molecule has 3 aromatic rings. The Kier molecular flexibility index (Phi) is 4.20. The SMILES string of the molecule is O=C(c1cc(Cl)cc(CO)c1)N1CCc2c([nH]c3ccc(Cl)cc23)C1. The van der Waals surface area contributed by atoms with Gasteiger partial charge in [-0.3, -0.25) is 4.79 Å². The zero-order valence-electron chi connectivity index (χ0n) is 13.4. The maximum absolute atomic E-state index is 12.8. The first-order valence-corrected chi connectivity index (χ1v) is 8.79. The molecule has 0 fully saturated rings. The van der Waals surface area contributed by atoms with Crippen LogP contribution in [-0.4, -0.2) is 27.4 Å². The van der Waals surface area contributed by atoms with E-state index in [0.29, 0.717) is 34.3 Å². The number of hydrogen-bond donors (Lipinski definition) is 2. The van der Waals surface area contributed by atoms with Crippen LogP contribution in [0.5, 0.6) is 0 Å². The van der Waals surface area contributed by atoms with Crippen molar-refractivity contribution in [1.29, 1.82) is 0 Å². The van der Waals surface area contributed by atoms with Crippen molar-refractivity contribution in [2.75, 3.05) is 6.54 Å². The summed E-state index contributed by atoms with van der Waals surface area (Å²) in [6, 6.07) is 10.8. The quantitative estimate of drug-likeness (QED) is 0.707. The average Bonchev–Trinajstić information content (AvgIpc) is 2.97. The van der Waals surface area contributed by atoms with E-state index in [9.17, 15) is 9.90 Å². The molecule has 0 spiro atoms. The van der Waals surface area contributed by atoms with Crippen LogP contribution >= 0.6 is 23.2 Å². The Hall–Kier alpha value is -2.01. The molecule has 6 heteroatoms. The maximum atomic E-state index is 12.8. The third-order valence-electron chi connectivity index (χ3n) is 4.61. The molecule has 1 aliphatic rings. The number of fused-ring (bicyclic) bond motifs is 3. The number of nitrogens with one attached hydrogen (secondary N) is 1. The van der Waals surface area contributed by atoms with Crippen molar-refractivity contribution in [2.24, 2.45) is 0 Å². The van der Waals surface area contributed by atoms with Gasteiger partial charge in [-0.2, -0.15) is 0 Å². The zero-order valence-corrected chi connectivity index (χ0v) is 14.9. The van der Waals surface area contributed by atoms with Crippen LogP contribution in [0.3, 0.4) is 0 Å². The summed E-state index contributed by atoms with van der Waals surface area (Å²) in [6.07, 6.45) is 0.773. The van der Waals surface area contributed by atoms with E-state index in [0.717, 1.165) is 23.0 Å². The number of carbonyl (C=O) groups is 1. The van der Waals surface area contributed by atoms with Crippen molar-refractivity contribution in [1.82, 2.24) is 9.88 Å². The van der Waals surface area contributed by atoms with Crippen molar-refractivity contribution >= 4 is 40.0 Å². The Morgan fingerprint density at radius 3 is 2.80 bits per heavy atom. The smallest absolute Gasteiger partial charge is 0.254 e. The molecular weight excluding hydrogens is 359 g/mol. The molecule has 4 nitrogen and oxygen atoms in total. The van der Waals surface area contributed by atoms with Gasteiger partial charge in [0.15, 0.2) is 0 Å². The van der Waals surface area contributed by atoms with Gasteiger partial charge in [0.2, 0.25) is 0 Å². The van der Waals surface area contributed by atoms with Gasteiger partial charge in [-0.05, 0) is 53.9 Å². The second kappa shape index (κ2) is 6.37. The van der Waals surface area contributed by atoms with Gasteiger partial charge in [0.05, 0.1) is 13.2 Å². The Labute approximate surface area is 155 Å². The van der Waals surface area contributed by atoms with Gasteiger partial charge in [0.1, 0.15) is 0 Å². The molecule has 2 N–H and O–H groups in total. The Bertz CT molecular complexity index is 981. The molecule has 2 heterocycles. The lowest BCUT2D eigenvalue weighted by Crippen LogP contribution is -2.35. The second-order valence-corrected chi connectivity index (χ2v) is 7.13. The van der Waals surface area contributed by atoms with Crippen LogP contribution in [0.15, 0.2) is 36.4 Å². The van der Waals surface area contributed by atoms with Gasteiger partial charge in [0.25, 0.3) is 5.91 Å². The summed E-state index contributed by atoms with van der Waals surface area (Å²) in [6.45, 7) is 1.00.